The average molecular weight is 444 g/mol. The number of amides is 2. The van der Waals surface area contributed by atoms with Crippen molar-refractivity contribution in [3.05, 3.63) is 44.7 Å². The lowest BCUT2D eigenvalue weighted by Gasteiger charge is -2.35. The van der Waals surface area contributed by atoms with Crippen LogP contribution in [0.15, 0.2) is 23.0 Å². The summed E-state index contributed by atoms with van der Waals surface area (Å²) in [6, 6.07) is 5.19. The van der Waals surface area contributed by atoms with Crippen molar-refractivity contribution < 1.29 is 9.59 Å². The number of benzene rings is 1. The van der Waals surface area contributed by atoms with Gasteiger partial charge in [-0.15, -0.1) is 0 Å². The summed E-state index contributed by atoms with van der Waals surface area (Å²) >= 11 is 6.14. The minimum absolute atomic E-state index is 0.125. The van der Waals surface area contributed by atoms with Crippen LogP contribution in [0.25, 0.3) is 0 Å². The first-order chi connectivity index (χ1) is 14.7. The first-order valence-corrected chi connectivity index (χ1v) is 10.9. The summed E-state index contributed by atoms with van der Waals surface area (Å²) in [5.41, 5.74) is 1.03. The second-order valence-corrected chi connectivity index (χ2v) is 9.12. The van der Waals surface area contributed by atoms with Crippen molar-refractivity contribution in [1.82, 2.24) is 9.97 Å². The van der Waals surface area contributed by atoms with Gasteiger partial charge in [0.15, 0.2) is 0 Å². The molecule has 3 N–H and O–H groups in total. The van der Waals surface area contributed by atoms with E-state index in [9.17, 15) is 14.4 Å². The number of rotatable bonds is 3. The molecule has 3 heterocycles. The van der Waals surface area contributed by atoms with E-state index in [0.717, 1.165) is 19.5 Å². The fraction of sp³-hybridized carbons (Fsp3) is 0.455. The number of carbonyl (C=O) groups is 2. The van der Waals surface area contributed by atoms with Gasteiger partial charge in [-0.1, -0.05) is 31.5 Å². The van der Waals surface area contributed by atoms with Gasteiger partial charge in [0.25, 0.3) is 5.56 Å². The standard InChI is InChI=1S/C22H26ClN5O3/c1-11-7-12(2)10-28(9-11)22-26-19-18(21(31)27-22)14(8-17(29)25-19)20(30)24-16-6-4-5-15(23)13(16)3/h4-6,11-12,14H,7-10H2,1-3H3,(H,24,30)(H2,25,26,27,29,31)/t11-,12+,14-/m1/s1. The number of aromatic amines is 1. The molecule has 0 radical (unpaired) electrons. The van der Waals surface area contributed by atoms with E-state index in [1.54, 1.807) is 25.1 Å². The molecule has 164 valence electrons. The summed E-state index contributed by atoms with van der Waals surface area (Å²) < 4.78 is 0. The van der Waals surface area contributed by atoms with Gasteiger partial charge in [0, 0.05) is 30.2 Å². The Labute approximate surface area is 185 Å². The zero-order chi connectivity index (χ0) is 22.3. The highest BCUT2D eigenvalue weighted by Gasteiger charge is 2.36. The van der Waals surface area contributed by atoms with Crippen LogP contribution in [0.1, 0.15) is 43.7 Å². The zero-order valence-electron chi connectivity index (χ0n) is 17.8. The molecule has 0 spiro atoms. The predicted octanol–water partition coefficient (Wildman–Crippen LogP) is 3.28. The Balaban J connectivity index is 1.66. The lowest BCUT2D eigenvalue weighted by molar-refractivity contribution is -0.123. The SMILES string of the molecule is Cc1c(Cl)cccc1NC(=O)[C@@H]1CC(=O)Nc2nc(N3C[C@H](C)C[C@H](C)C3)[nH]c(=O)c21. The van der Waals surface area contributed by atoms with Gasteiger partial charge >= 0.3 is 0 Å². The third-order valence-corrected chi connectivity index (χ3v) is 6.36. The van der Waals surface area contributed by atoms with Gasteiger partial charge < -0.3 is 15.5 Å². The van der Waals surface area contributed by atoms with E-state index in [1.165, 1.54) is 0 Å². The number of halogens is 1. The number of H-pyrrole nitrogens is 1. The third kappa shape index (κ3) is 4.30. The lowest BCUT2D eigenvalue weighted by atomic mass is 9.91. The number of hydrogen-bond donors (Lipinski definition) is 3. The first kappa shape index (κ1) is 21.4. The molecule has 8 nitrogen and oxygen atoms in total. The Kier molecular flexibility index (Phi) is 5.75. The number of anilines is 3. The van der Waals surface area contributed by atoms with Crippen LogP contribution in [-0.4, -0.2) is 34.9 Å². The molecule has 9 heteroatoms. The smallest absolute Gasteiger partial charge is 0.258 e. The van der Waals surface area contributed by atoms with Gasteiger partial charge in [-0.3, -0.25) is 19.4 Å². The maximum atomic E-state index is 13.0. The summed E-state index contributed by atoms with van der Waals surface area (Å²) in [7, 11) is 0. The number of fused-ring (bicyclic) bond motifs is 1. The molecule has 31 heavy (non-hydrogen) atoms. The maximum absolute atomic E-state index is 13.0. The maximum Gasteiger partial charge on any atom is 0.258 e. The summed E-state index contributed by atoms with van der Waals surface area (Å²) in [6.07, 6.45) is 0.994. The molecule has 1 saturated heterocycles. The third-order valence-electron chi connectivity index (χ3n) is 5.95. The predicted molar refractivity (Wildman–Crippen MR) is 121 cm³/mol. The van der Waals surface area contributed by atoms with Crippen molar-refractivity contribution in [2.45, 2.75) is 39.5 Å². The van der Waals surface area contributed by atoms with E-state index in [1.807, 2.05) is 4.90 Å². The summed E-state index contributed by atoms with van der Waals surface area (Å²) in [4.78, 5) is 47.8. The Morgan fingerprint density at radius 1 is 1.23 bits per heavy atom. The summed E-state index contributed by atoms with van der Waals surface area (Å²) in [6.45, 7) is 7.68. The Morgan fingerprint density at radius 3 is 2.65 bits per heavy atom. The second kappa shape index (κ2) is 8.34. The van der Waals surface area contributed by atoms with Crippen molar-refractivity contribution in [3.8, 4) is 0 Å². The van der Waals surface area contributed by atoms with Crippen LogP contribution in [0.3, 0.4) is 0 Å². The number of aromatic nitrogens is 2. The molecule has 4 rings (SSSR count). The molecule has 2 aliphatic heterocycles. The van der Waals surface area contributed by atoms with Crippen LogP contribution in [0, 0.1) is 18.8 Å². The second-order valence-electron chi connectivity index (χ2n) is 8.71. The van der Waals surface area contributed by atoms with E-state index < -0.39 is 17.4 Å². The van der Waals surface area contributed by atoms with Gasteiger partial charge in [-0.25, -0.2) is 0 Å². The number of piperidine rings is 1. The largest absolute Gasteiger partial charge is 0.342 e. The highest BCUT2D eigenvalue weighted by molar-refractivity contribution is 6.31. The molecular weight excluding hydrogens is 418 g/mol. The molecule has 2 amide bonds. The summed E-state index contributed by atoms with van der Waals surface area (Å²) in [5.74, 6) is -0.204. The fourth-order valence-electron chi connectivity index (χ4n) is 4.53. The molecule has 0 bridgehead atoms. The van der Waals surface area contributed by atoms with Gasteiger partial charge in [-0.2, -0.15) is 4.98 Å². The molecule has 1 aromatic carbocycles. The molecule has 1 fully saturated rings. The minimum Gasteiger partial charge on any atom is -0.342 e. The summed E-state index contributed by atoms with van der Waals surface area (Å²) in [5, 5.41) is 6.00. The first-order valence-electron chi connectivity index (χ1n) is 10.5. The van der Waals surface area contributed by atoms with Crippen molar-refractivity contribution in [1.29, 1.82) is 0 Å². The molecule has 0 unspecified atom stereocenters. The molecule has 2 aliphatic rings. The van der Waals surface area contributed by atoms with E-state index in [0.29, 0.717) is 34.1 Å². The van der Waals surface area contributed by atoms with E-state index in [2.05, 4.69) is 34.4 Å². The molecule has 1 aromatic heterocycles. The van der Waals surface area contributed by atoms with Crippen molar-refractivity contribution in [2.75, 3.05) is 28.6 Å². The Hall–Kier alpha value is -2.87. The van der Waals surface area contributed by atoms with Gasteiger partial charge in [0.2, 0.25) is 17.8 Å². The highest BCUT2D eigenvalue weighted by atomic mass is 35.5. The monoisotopic (exact) mass is 443 g/mol. The number of hydrogen-bond acceptors (Lipinski definition) is 5. The van der Waals surface area contributed by atoms with Crippen LogP contribution in [-0.2, 0) is 9.59 Å². The van der Waals surface area contributed by atoms with Crippen molar-refractivity contribution >= 4 is 40.9 Å². The van der Waals surface area contributed by atoms with Crippen LogP contribution >= 0.6 is 11.6 Å². The zero-order valence-corrected chi connectivity index (χ0v) is 18.5. The highest BCUT2D eigenvalue weighted by Crippen LogP contribution is 2.32. The van der Waals surface area contributed by atoms with Crippen LogP contribution < -0.4 is 21.1 Å². The van der Waals surface area contributed by atoms with E-state index >= 15 is 0 Å². The van der Waals surface area contributed by atoms with Crippen LogP contribution in [0.5, 0.6) is 0 Å². The van der Waals surface area contributed by atoms with Crippen LogP contribution in [0.2, 0.25) is 5.02 Å². The van der Waals surface area contributed by atoms with E-state index in [4.69, 9.17) is 11.6 Å². The normalized spacial score (nSPS) is 23.2. The topological polar surface area (TPSA) is 107 Å². The van der Waals surface area contributed by atoms with Gasteiger partial charge in [0.05, 0.1) is 11.5 Å². The Morgan fingerprint density at radius 2 is 1.94 bits per heavy atom. The number of nitrogens with one attached hydrogen (secondary N) is 3. The van der Waals surface area contributed by atoms with Crippen molar-refractivity contribution in [2.24, 2.45) is 11.8 Å². The van der Waals surface area contributed by atoms with Gasteiger partial charge in [0.1, 0.15) is 5.82 Å². The number of carbonyl (C=O) groups excluding carboxylic acids is 2. The quantitative estimate of drug-likeness (QED) is 0.674. The Bertz CT molecular complexity index is 1090. The fourth-order valence-corrected chi connectivity index (χ4v) is 4.71. The van der Waals surface area contributed by atoms with Crippen LogP contribution in [0.4, 0.5) is 17.5 Å². The number of nitrogens with zero attached hydrogens (tertiary/aromatic N) is 2. The molecule has 0 aliphatic carbocycles. The van der Waals surface area contributed by atoms with E-state index in [-0.39, 0.29) is 23.7 Å². The molecule has 2 aromatic rings. The molecule has 3 atom stereocenters. The van der Waals surface area contributed by atoms with Gasteiger partial charge in [-0.05, 0) is 42.9 Å². The molecule has 0 saturated carbocycles. The minimum atomic E-state index is -0.938. The average Bonchev–Trinajstić information content (AvgIpc) is 2.69. The van der Waals surface area contributed by atoms with Crippen molar-refractivity contribution in [3.63, 3.8) is 0 Å². The lowest BCUT2D eigenvalue weighted by Crippen LogP contribution is -2.42. The molecular formula is C22H26ClN5O3.